The van der Waals surface area contributed by atoms with Crippen LogP contribution >= 0.6 is 24.0 Å². The lowest BCUT2D eigenvalue weighted by Crippen LogP contribution is -2.52. The third-order valence-electron chi connectivity index (χ3n) is 5.23. The van der Waals surface area contributed by atoms with Crippen LogP contribution in [0.1, 0.15) is 40.0 Å². The van der Waals surface area contributed by atoms with Gasteiger partial charge in [-0.3, -0.25) is 14.8 Å². The van der Waals surface area contributed by atoms with Gasteiger partial charge in [0.05, 0.1) is 12.7 Å². The summed E-state index contributed by atoms with van der Waals surface area (Å²) in [6, 6.07) is 0.629. The van der Waals surface area contributed by atoms with E-state index in [1.807, 2.05) is 7.05 Å². The van der Waals surface area contributed by atoms with Gasteiger partial charge >= 0.3 is 0 Å². The minimum absolute atomic E-state index is 0. The maximum Gasteiger partial charge on any atom is 0.191 e. The summed E-state index contributed by atoms with van der Waals surface area (Å²) < 4.78 is 5.92. The molecule has 0 aliphatic carbocycles. The van der Waals surface area contributed by atoms with Crippen LogP contribution in [0.15, 0.2) is 4.99 Å². The first-order valence-corrected chi connectivity index (χ1v) is 10.1. The highest BCUT2D eigenvalue weighted by molar-refractivity contribution is 14.0. The summed E-state index contributed by atoms with van der Waals surface area (Å²) in [7, 11) is 1.85. The summed E-state index contributed by atoms with van der Waals surface area (Å²) in [6.07, 6.45) is 4.21. The molecule has 0 saturated carbocycles. The average Bonchev–Trinajstić information content (AvgIpc) is 2.62. The van der Waals surface area contributed by atoms with Crippen molar-refractivity contribution in [3.8, 4) is 0 Å². The van der Waals surface area contributed by atoms with Gasteiger partial charge in [0, 0.05) is 45.8 Å². The normalized spacial score (nSPS) is 25.8. The van der Waals surface area contributed by atoms with Crippen LogP contribution in [0.5, 0.6) is 0 Å². The molecule has 2 aliphatic heterocycles. The summed E-state index contributed by atoms with van der Waals surface area (Å²) in [5.74, 6) is 1.60. The first-order valence-electron chi connectivity index (χ1n) is 10.1. The summed E-state index contributed by atoms with van der Waals surface area (Å²) in [5.41, 5.74) is 0. The molecule has 0 aromatic heterocycles. The van der Waals surface area contributed by atoms with Gasteiger partial charge in [0.15, 0.2) is 5.96 Å². The van der Waals surface area contributed by atoms with E-state index in [2.05, 4.69) is 46.2 Å². The molecule has 2 N–H and O–H groups in total. The van der Waals surface area contributed by atoms with Crippen LogP contribution in [0, 0.1) is 5.92 Å². The van der Waals surface area contributed by atoms with Crippen LogP contribution in [0.25, 0.3) is 0 Å². The fourth-order valence-electron chi connectivity index (χ4n) is 3.94. The monoisotopic (exact) mass is 481 g/mol. The maximum absolute atomic E-state index is 5.92. The molecule has 0 spiro atoms. The third kappa shape index (κ3) is 8.27. The Bertz CT molecular complexity index is 407. The van der Waals surface area contributed by atoms with Gasteiger partial charge in [-0.1, -0.05) is 27.2 Å². The summed E-state index contributed by atoms with van der Waals surface area (Å²) in [6.45, 7) is 15.0. The van der Waals surface area contributed by atoms with Crippen LogP contribution < -0.4 is 10.6 Å². The van der Waals surface area contributed by atoms with Crippen molar-refractivity contribution in [1.29, 1.82) is 0 Å². The number of aliphatic imine (C=N–C) groups is 1. The molecular weight excluding hydrogens is 441 g/mol. The van der Waals surface area contributed by atoms with E-state index in [1.165, 1.54) is 25.8 Å². The number of likely N-dealkylation sites (tertiary alicyclic amines) is 1. The Labute approximate surface area is 177 Å². The minimum Gasteiger partial charge on any atom is -0.374 e. The van der Waals surface area contributed by atoms with Crippen LogP contribution in [0.2, 0.25) is 0 Å². The summed E-state index contributed by atoms with van der Waals surface area (Å²) in [5, 5.41) is 6.97. The van der Waals surface area contributed by atoms with Crippen molar-refractivity contribution < 1.29 is 4.74 Å². The number of nitrogens with one attached hydrogen (secondary N) is 2. The molecule has 0 amide bonds. The van der Waals surface area contributed by atoms with Crippen LogP contribution in [0.4, 0.5) is 0 Å². The highest BCUT2D eigenvalue weighted by Crippen LogP contribution is 2.15. The van der Waals surface area contributed by atoms with E-state index in [1.54, 1.807) is 0 Å². The van der Waals surface area contributed by atoms with E-state index >= 15 is 0 Å². The fourth-order valence-corrected chi connectivity index (χ4v) is 3.94. The second kappa shape index (κ2) is 13.1. The van der Waals surface area contributed by atoms with Gasteiger partial charge in [0.1, 0.15) is 0 Å². The second-order valence-corrected chi connectivity index (χ2v) is 7.76. The molecule has 6 nitrogen and oxygen atoms in total. The smallest absolute Gasteiger partial charge is 0.191 e. The van der Waals surface area contributed by atoms with E-state index < -0.39 is 0 Å². The standard InChI is InChI=1S/C19H39N5O.HI/c1-5-24-9-7-6-8-17(24)12-21-19(20-4)22-13-18-15-23(10-11-25-18)14-16(2)3;/h16-18H,5-15H2,1-4H3,(H2,20,21,22);1H. The van der Waals surface area contributed by atoms with Crippen molar-refractivity contribution in [2.75, 3.05) is 59.5 Å². The Morgan fingerprint density at radius 3 is 2.65 bits per heavy atom. The number of hydrogen-bond acceptors (Lipinski definition) is 4. The lowest BCUT2D eigenvalue weighted by atomic mass is 10.0. The average molecular weight is 481 g/mol. The van der Waals surface area contributed by atoms with E-state index in [0.29, 0.717) is 12.0 Å². The van der Waals surface area contributed by atoms with Gasteiger partial charge in [0.2, 0.25) is 0 Å². The zero-order valence-corrected chi connectivity index (χ0v) is 19.5. The number of ether oxygens (including phenoxy) is 1. The van der Waals surface area contributed by atoms with Crippen molar-refractivity contribution in [2.24, 2.45) is 10.9 Å². The molecule has 2 saturated heterocycles. The third-order valence-corrected chi connectivity index (χ3v) is 5.23. The number of likely N-dealkylation sites (N-methyl/N-ethyl adjacent to an activating group) is 1. The Hall–Kier alpha value is -0.120. The fraction of sp³-hybridized carbons (Fsp3) is 0.947. The molecule has 0 radical (unpaired) electrons. The maximum atomic E-state index is 5.92. The number of rotatable bonds is 7. The lowest BCUT2D eigenvalue weighted by molar-refractivity contribution is -0.0284. The van der Waals surface area contributed by atoms with Gasteiger partial charge < -0.3 is 15.4 Å². The van der Waals surface area contributed by atoms with Crippen molar-refractivity contribution in [3.63, 3.8) is 0 Å². The Balaban J connectivity index is 0.00000338. The van der Waals surface area contributed by atoms with E-state index in [0.717, 1.165) is 51.8 Å². The molecule has 0 aromatic rings. The van der Waals surface area contributed by atoms with Crippen LogP contribution in [-0.4, -0.2) is 87.4 Å². The number of halogens is 1. The molecule has 2 fully saturated rings. The Morgan fingerprint density at radius 1 is 1.19 bits per heavy atom. The molecule has 2 rings (SSSR count). The summed E-state index contributed by atoms with van der Waals surface area (Å²) in [4.78, 5) is 9.47. The molecule has 2 heterocycles. The number of hydrogen-bond donors (Lipinski definition) is 2. The molecule has 26 heavy (non-hydrogen) atoms. The molecule has 154 valence electrons. The Morgan fingerprint density at radius 2 is 1.96 bits per heavy atom. The highest BCUT2D eigenvalue weighted by atomic mass is 127. The zero-order chi connectivity index (χ0) is 18.1. The number of morpholine rings is 1. The van der Waals surface area contributed by atoms with Gasteiger partial charge in [-0.2, -0.15) is 0 Å². The number of nitrogens with zero attached hydrogens (tertiary/aromatic N) is 3. The van der Waals surface area contributed by atoms with Crippen molar-refractivity contribution in [2.45, 2.75) is 52.2 Å². The van der Waals surface area contributed by atoms with Gasteiger partial charge in [-0.05, 0) is 31.8 Å². The Kier molecular flexibility index (Phi) is 12.1. The first-order chi connectivity index (χ1) is 12.1. The molecule has 0 aromatic carbocycles. The van der Waals surface area contributed by atoms with Gasteiger partial charge in [0.25, 0.3) is 0 Å². The minimum atomic E-state index is 0. The number of guanidine groups is 1. The topological polar surface area (TPSA) is 52.1 Å². The zero-order valence-electron chi connectivity index (χ0n) is 17.2. The van der Waals surface area contributed by atoms with E-state index in [4.69, 9.17) is 4.74 Å². The molecule has 2 atom stereocenters. The van der Waals surface area contributed by atoms with E-state index in [-0.39, 0.29) is 30.1 Å². The molecule has 7 heteroatoms. The van der Waals surface area contributed by atoms with E-state index in [9.17, 15) is 0 Å². The molecule has 2 unspecified atom stereocenters. The van der Waals surface area contributed by atoms with Crippen LogP contribution in [0.3, 0.4) is 0 Å². The second-order valence-electron chi connectivity index (χ2n) is 7.76. The SMILES string of the molecule is CCN1CCCCC1CNC(=NC)NCC1CN(CC(C)C)CCO1.I. The predicted molar refractivity (Wildman–Crippen MR) is 121 cm³/mol. The first kappa shape index (κ1) is 23.9. The molecule has 2 aliphatic rings. The van der Waals surface area contributed by atoms with Crippen LogP contribution in [-0.2, 0) is 4.74 Å². The van der Waals surface area contributed by atoms with Crippen molar-refractivity contribution in [3.05, 3.63) is 0 Å². The summed E-state index contributed by atoms with van der Waals surface area (Å²) >= 11 is 0. The molecule has 0 bridgehead atoms. The van der Waals surface area contributed by atoms with Crippen molar-refractivity contribution >= 4 is 29.9 Å². The van der Waals surface area contributed by atoms with Gasteiger partial charge in [-0.25, -0.2) is 0 Å². The quantitative estimate of drug-likeness (QED) is 0.331. The predicted octanol–water partition coefficient (Wildman–Crippen LogP) is 2.00. The largest absolute Gasteiger partial charge is 0.374 e. The lowest BCUT2D eigenvalue weighted by Gasteiger charge is -2.36. The van der Waals surface area contributed by atoms with Crippen molar-refractivity contribution in [1.82, 2.24) is 20.4 Å². The highest BCUT2D eigenvalue weighted by Gasteiger charge is 2.22. The number of piperidine rings is 1. The molecular formula is C19H40IN5O. The van der Waals surface area contributed by atoms with Gasteiger partial charge in [-0.15, -0.1) is 24.0 Å².